The second-order valence-electron chi connectivity index (χ2n) is 15.0. The minimum atomic E-state index is -0.460. The smallest absolute Gasteiger partial charge is 0.238 e. The Morgan fingerprint density at radius 3 is 1.33 bits per heavy atom. The highest BCUT2D eigenvalue weighted by Crippen LogP contribution is 2.43. The third-order valence-corrected chi connectivity index (χ3v) is 11.7. The van der Waals surface area contributed by atoms with Crippen LogP contribution in [0.3, 0.4) is 0 Å². The summed E-state index contributed by atoms with van der Waals surface area (Å²) < 4.78 is 47.5. The number of hydrogen-bond donors (Lipinski definition) is 0. The number of furan rings is 2. The first-order chi connectivity index (χ1) is 29.6. The van der Waals surface area contributed by atoms with E-state index < -0.39 is 11.6 Å². The minimum absolute atomic E-state index is 0.155. The number of rotatable bonds is 4. The molecule has 13 rings (SSSR count). The average molecular weight is 780 g/mol. The van der Waals surface area contributed by atoms with Gasteiger partial charge in [-0.1, -0.05) is 115 Å². The quantitative estimate of drug-likeness (QED) is 0.178. The lowest BCUT2D eigenvalue weighted by Crippen LogP contribution is -2.07. The van der Waals surface area contributed by atoms with Crippen LogP contribution < -0.4 is 0 Å². The molecule has 0 fully saturated rings. The molecule has 0 unspecified atom stereocenters. The molecule has 0 atom stereocenters. The van der Waals surface area contributed by atoms with Crippen molar-refractivity contribution in [1.82, 2.24) is 24.1 Å². The van der Waals surface area contributed by atoms with Gasteiger partial charge in [0.2, 0.25) is 5.95 Å². The lowest BCUT2D eigenvalue weighted by atomic mass is 10.1. The number of para-hydroxylation sites is 7. The molecule has 0 spiro atoms. The molecule has 0 aliphatic carbocycles. The molecular weight excluding hydrogens is 753 g/mol. The first kappa shape index (κ1) is 32.9. The molecule has 0 N–H and O–H groups in total. The van der Waals surface area contributed by atoms with Gasteiger partial charge in [-0.2, -0.15) is 9.97 Å². The number of nitrogens with zero attached hydrogens (tertiary/aromatic N) is 5. The molecule has 0 amide bonds. The highest BCUT2D eigenvalue weighted by molar-refractivity contribution is 6.24. The van der Waals surface area contributed by atoms with Crippen LogP contribution in [0.15, 0.2) is 173 Å². The predicted octanol–water partition coefficient (Wildman–Crippen LogP) is 13.5. The fraction of sp³-hybridized carbons (Fsp3) is 0. The summed E-state index contributed by atoms with van der Waals surface area (Å²) in [6.45, 7) is 0. The van der Waals surface area contributed by atoms with Crippen molar-refractivity contribution >= 4 is 87.5 Å². The summed E-state index contributed by atoms with van der Waals surface area (Å²) in [7, 11) is 0. The van der Waals surface area contributed by atoms with Crippen LogP contribution in [-0.2, 0) is 0 Å². The lowest BCUT2D eigenvalue weighted by molar-refractivity contribution is 0.584. The highest BCUT2D eigenvalue weighted by atomic mass is 19.1. The molecule has 13 aromatic rings. The van der Waals surface area contributed by atoms with E-state index in [1.807, 2.05) is 78.9 Å². The molecule has 5 heterocycles. The monoisotopic (exact) mass is 779 g/mol. The number of hydrogen-bond acceptors (Lipinski definition) is 5. The van der Waals surface area contributed by atoms with Crippen LogP contribution in [0, 0.1) is 11.6 Å². The Labute approximate surface area is 338 Å². The number of benzene rings is 8. The van der Waals surface area contributed by atoms with Crippen LogP contribution in [-0.4, -0.2) is 24.1 Å². The third kappa shape index (κ3) is 4.48. The van der Waals surface area contributed by atoms with Crippen molar-refractivity contribution in [3.63, 3.8) is 0 Å². The van der Waals surface area contributed by atoms with Gasteiger partial charge in [0.25, 0.3) is 0 Å². The minimum Gasteiger partial charge on any atom is -0.452 e. The van der Waals surface area contributed by atoms with Gasteiger partial charge in [0.15, 0.2) is 34.4 Å². The maximum absolute atomic E-state index is 15.2. The van der Waals surface area contributed by atoms with Gasteiger partial charge in [-0.25, -0.2) is 13.8 Å². The normalized spacial score (nSPS) is 12.2. The van der Waals surface area contributed by atoms with E-state index in [2.05, 4.69) is 69.8 Å². The summed E-state index contributed by atoms with van der Waals surface area (Å²) >= 11 is 0. The molecule has 0 aliphatic rings. The van der Waals surface area contributed by atoms with Crippen molar-refractivity contribution in [3.05, 3.63) is 175 Å². The SMILES string of the molecule is Fc1cccc2c1oc1c(-c3nc(-c4cccc5c4oc4c(F)cccc45)nc(-n4c5ccccc5c5ccc6c7ccccc7n(-c7ccccc7)c6c54)n3)cccc12. The number of aromatic nitrogens is 5. The van der Waals surface area contributed by atoms with Crippen LogP contribution >= 0.6 is 0 Å². The van der Waals surface area contributed by atoms with Gasteiger partial charge in [-0.3, -0.25) is 4.57 Å². The molecular formula is C51H27F2N5O2. The van der Waals surface area contributed by atoms with E-state index in [1.165, 1.54) is 12.1 Å². The Hall–Kier alpha value is -8.17. The summed E-state index contributed by atoms with van der Waals surface area (Å²) in [5, 5.41) is 6.97. The van der Waals surface area contributed by atoms with Crippen LogP contribution in [0.5, 0.6) is 0 Å². The molecule has 0 radical (unpaired) electrons. The topological polar surface area (TPSA) is 74.8 Å². The Kier molecular flexibility index (Phi) is 6.67. The average Bonchev–Trinajstić information content (AvgIpc) is 4.05. The Bertz CT molecular complexity index is 3800. The van der Waals surface area contributed by atoms with E-state index in [1.54, 1.807) is 12.1 Å². The van der Waals surface area contributed by atoms with E-state index in [-0.39, 0.29) is 11.2 Å². The molecule has 0 aliphatic heterocycles. The first-order valence-corrected chi connectivity index (χ1v) is 19.6. The van der Waals surface area contributed by atoms with E-state index in [0.29, 0.717) is 50.7 Å². The predicted molar refractivity (Wildman–Crippen MR) is 234 cm³/mol. The molecule has 0 saturated heterocycles. The summed E-state index contributed by atoms with van der Waals surface area (Å²) in [5.41, 5.74) is 7.17. The number of fused-ring (bicyclic) bond motifs is 13. The zero-order valence-electron chi connectivity index (χ0n) is 31.4. The largest absolute Gasteiger partial charge is 0.452 e. The summed E-state index contributed by atoms with van der Waals surface area (Å²) in [5.74, 6) is 0.0384. The van der Waals surface area contributed by atoms with Crippen molar-refractivity contribution in [2.75, 3.05) is 0 Å². The standard InChI is InChI=1S/C51H27F2N5O2/c52-39-22-10-18-35-33-16-8-20-37(45(33)59-47(35)39)49-54-50(38-21-9-17-34-36-19-11-23-40(53)48(36)60-46(34)38)56-51(55-49)58-42-25-7-5-15-30(42)32-27-26-31-29-14-4-6-24-41(29)57(43(31)44(32)58)28-12-2-1-3-13-28/h1-27H. The van der Waals surface area contributed by atoms with Gasteiger partial charge in [0.05, 0.1) is 33.2 Å². The molecule has 282 valence electrons. The molecule has 8 aromatic carbocycles. The molecule has 9 heteroatoms. The Balaban J connectivity index is 1.20. The van der Waals surface area contributed by atoms with E-state index in [9.17, 15) is 0 Å². The molecule has 60 heavy (non-hydrogen) atoms. The van der Waals surface area contributed by atoms with Crippen molar-refractivity contribution in [2.45, 2.75) is 0 Å². The van der Waals surface area contributed by atoms with Crippen LogP contribution in [0.2, 0.25) is 0 Å². The van der Waals surface area contributed by atoms with E-state index >= 15 is 8.78 Å². The van der Waals surface area contributed by atoms with Crippen molar-refractivity contribution in [2.24, 2.45) is 0 Å². The van der Waals surface area contributed by atoms with Gasteiger partial charge >= 0.3 is 0 Å². The van der Waals surface area contributed by atoms with E-state index in [0.717, 1.165) is 60.1 Å². The lowest BCUT2D eigenvalue weighted by Gasteiger charge is -2.13. The summed E-state index contributed by atoms with van der Waals surface area (Å²) in [4.78, 5) is 15.7. The van der Waals surface area contributed by atoms with Crippen molar-refractivity contribution < 1.29 is 17.6 Å². The van der Waals surface area contributed by atoms with Gasteiger partial charge < -0.3 is 13.4 Å². The maximum atomic E-state index is 15.2. The fourth-order valence-corrected chi connectivity index (χ4v) is 9.18. The first-order valence-electron chi connectivity index (χ1n) is 19.6. The fourth-order valence-electron chi connectivity index (χ4n) is 9.18. The van der Waals surface area contributed by atoms with Gasteiger partial charge in [0.1, 0.15) is 11.2 Å². The third-order valence-electron chi connectivity index (χ3n) is 11.7. The van der Waals surface area contributed by atoms with Crippen LogP contribution in [0.1, 0.15) is 0 Å². The Morgan fingerprint density at radius 1 is 0.350 bits per heavy atom. The van der Waals surface area contributed by atoms with Crippen molar-refractivity contribution in [1.29, 1.82) is 0 Å². The zero-order chi connectivity index (χ0) is 39.6. The van der Waals surface area contributed by atoms with Gasteiger partial charge in [0, 0.05) is 48.8 Å². The summed E-state index contributed by atoms with van der Waals surface area (Å²) in [6.07, 6.45) is 0. The van der Waals surface area contributed by atoms with Gasteiger partial charge in [-0.05, 0) is 48.5 Å². The zero-order valence-corrected chi connectivity index (χ0v) is 31.4. The molecule has 0 saturated carbocycles. The molecule has 7 nitrogen and oxygen atoms in total. The Morgan fingerprint density at radius 2 is 0.783 bits per heavy atom. The molecule has 0 bridgehead atoms. The van der Waals surface area contributed by atoms with Crippen LogP contribution in [0.4, 0.5) is 8.78 Å². The molecule has 5 aromatic heterocycles. The number of halogens is 2. The second kappa shape index (κ2) is 12.2. The van der Waals surface area contributed by atoms with Crippen molar-refractivity contribution in [3.8, 4) is 34.4 Å². The maximum Gasteiger partial charge on any atom is 0.238 e. The highest BCUT2D eigenvalue weighted by Gasteiger charge is 2.26. The summed E-state index contributed by atoms with van der Waals surface area (Å²) in [6, 6.07) is 52.5. The van der Waals surface area contributed by atoms with Crippen LogP contribution in [0.25, 0.3) is 122 Å². The van der Waals surface area contributed by atoms with Gasteiger partial charge in [-0.15, -0.1) is 0 Å². The van der Waals surface area contributed by atoms with E-state index in [4.69, 9.17) is 23.8 Å². The second-order valence-corrected chi connectivity index (χ2v) is 15.0.